The van der Waals surface area contributed by atoms with Crippen molar-refractivity contribution in [2.45, 2.75) is 43.7 Å². The van der Waals surface area contributed by atoms with Crippen LogP contribution >= 0.6 is 0 Å². The zero-order valence-corrected chi connectivity index (χ0v) is 16.2. The Morgan fingerprint density at radius 1 is 1.30 bits per heavy atom. The molecule has 1 aromatic heterocycles. The molecule has 0 saturated carbocycles. The number of rotatable bonds is 7. The van der Waals surface area contributed by atoms with Crippen LogP contribution in [-0.2, 0) is 14.8 Å². The average molecular weight is 392 g/mol. The molecule has 27 heavy (non-hydrogen) atoms. The first-order chi connectivity index (χ1) is 12.8. The van der Waals surface area contributed by atoms with E-state index in [0.717, 1.165) is 18.6 Å². The smallest absolute Gasteiger partial charge is 0.251 e. The van der Waals surface area contributed by atoms with Gasteiger partial charge in [0.25, 0.3) is 5.91 Å². The molecule has 1 amide bonds. The Bertz CT molecular complexity index is 900. The lowest BCUT2D eigenvalue weighted by atomic mass is 10.2. The maximum Gasteiger partial charge on any atom is 0.251 e. The van der Waals surface area contributed by atoms with Gasteiger partial charge >= 0.3 is 0 Å². The van der Waals surface area contributed by atoms with E-state index in [0.29, 0.717) is 12.4 Å². The number of benzene rings is 1. The Morgan fingerprint density at radius 2 is 2.11 bits per heavy atom. The third kappa shape index (κ3) is 4.97. The molecular formula is C19H24N2O5S. The molecule has 1 aliphatic rings. The lowest BCUT2D eigenvalue weighted by Crippen LogP contribution is -2.32. The van der Waals surface area contributed by atoms with E-state index in [2.05, 4.69) is 10.0 Å². The van der Waals surface area contributed by atoms with Gasteiger partial charge in [-0.3, -0.25) is 4.79 Å². The van der Waals surface area contributed by atoms with Gasteiger partial charge in [0.15, 0.2) is 0 Å². The molecule has 1 aliphatic heterocycles. The van der Waals surface area contributed by atoms with Crippen LogP contribution in [0.25, 0.3) is 0 Å². The summed E-state index contributed by atoms with van der Waals surface area (Å²) in [6, 6.07) is 9.26. The summed E-state index contributed by atoms with van der Waals surface area (Å²) in [6.07, 6.45) is 1.69. The molecule has 2 N–H and O–H groups in total. The number of nitrogens with one attached hydrogen (secondary N) is 2. The lowest BCUT2D eigenvalue weighted by molar-refractivity contribution is 0.0935. The third-order valence-corrected chi connectivity index (χ3v) is 5.89. The zero-order valence-electron chi connectivity index (χ0n) is 15.4. The van der Waals surface area contributed by atoms with Crippen molar-refractivity contribution in [2.75, 3.05) is 13.2 Å². The van der Waals surface area contributed by atoms with Gasteiger partial charge in [-0.15, -0.1) is 0 Å². The van der Waals surface area contributed by atoms with Gasteiger partial charge in [-0.25, -0.2) is 13.1 Å². The second kappa shape index (κ2) is 8.24. The highest BCUT2D eigenvalue weighted by molar-refractivity contribution is 7.89. The van der Waals surface area contributed by atoms with Gasteiger partial charge in [-0.1, -0.05) is 6.07 Å². The molecule has 1 aromatic carbocycles. The van der Waals surface area contributed by atoms with Crippen molar-refractivity contribution in [3.8, 4) is 0 Å². The molecule has 2 atom stereocenters. The lowest BCUT2D eigenvalue weighted by Gasteiger charge is -2.13. The SMILES string of the molecule is Cc1ccc(C(C)NC(=O)c2cccc(S(=O)(=O)NCC3CCCO3)c2)o1. The molecule has 8 heteroatoms. The molecule has 1 saturated heterocycles. The minimum Gasteiger partial charge on any atom is -0.464 e. The maximum atomic E-state index is 12.5. The average Bonchev–Trinajstić information content (AvgIpc) is 3.32. The summed E-state index contributed by atoms with van der Waals surface area (Å²) in [5, 5.41) is 2.81. The largest absolute Gasteiger partial charge is 0.464 e. The van der Waals surface area contributed by atoms with E-state index in [1.165, 1.54) is 12.1 Å². The Hall–Kier alpha value is -2.16. The van der Waals surface area contributed by atoms with Crippen molar-refractivity contribution in [3.05, 3.63) is 53.5 Å². The highest BCUT2D eigenvalue weighted by Crippen LogP contribution is 2.18. The van der Waals surface area contributed by atoms with E-state index in [4.69, 9.17) is 9.15 Å². The Balaban J connectivity index is 1.67. The number of hydrogen-bond donors (Lipinski definition) is 2. The fraction of sp³-hybridized carbons (Fsp3) is 0.421. The van der Waals surface area contributed by atoms with Crippen molar-refractivity contribution >= 4 is 15.9 Å². The predicted octanol–water partition coefficient (Wildman–Crippen LogP) is 2.54. The Kier molecular flexibility index (Phi) is 5.98. The van der Waals surface area contributed by atoms with Gasteiger partial charge in [-0.2, -0.15) is 0 Å². The Morgan fingerprint density at radius 3 is 2.78 bits per heavy atom. The van der Waals surface area contributed by atoms with Crippen LogP contribution < -0.4 is 10.0 Å². The van der Waals surface area contributed by atoms with Crippen LogP contribution in [0, 0.1) is 6.92 Å². The molecule has 0 aliphatic carbocycles. The molecule has 0 spiro atoms. The van der Waals surface area contributed by atoms with Crippen molar-refractivity contribution in [2.24, 2.45) is 0 Å². The first-order valence-electron chi connectivity index (χ1n) is 8.94. The van der Waals surface area contributed by atoms with Crippen LogP contribution in [0.3, 0.4) is 0 Å². The van der Waals surface area contributed by atoms with E-state index in [-0.39, 0.29) is 35.1 Å². The number of ether oxygens (including phenoxy) is 1. The molecule has 2 unspecified atom stereocenters. The van der Waals surface area contributed by atoms with E-state index in [1.807, 2.05) is 13.0 Å². The summed E-state index contributed by atoms with van der Waals surface area (Å²) in [7, 11) is -3.71. The van der Waals surface area contributed by atoms with Crippen LogP contribution in [0.4, 0.5) is 0 Å². The molecule has 0 bridgehead atoms. The highest BCUT2D eigenvalue weighted by Gasteiger charge is 2.21. The minimum absolute atomic E-state index is 0.0506. The minimum atomic E-state index is -3.71. The third-order valence-electron chi connectivity index (χ3n) is 4.47. The molecule has 0 radical (unpaired) electrons. The van der Waals surface area contributed by atoms with Crippen molar-refractivity contribution in [3.63, 3.8) is 0 Å². The number of furan rings is 1. The second-order valence-corrected chi connectivity index (χ2v) is 8.43. The number of amides is 1. The summed E-state index contributed by atoms with van der Waals surface area (Å²) in [4.78, 5) is 12.5. The number of carbonyl (C=O) groups is 1. The Labute approximate surface area is 159 Å². The van der Waals surface area contributed by atoms with Gasteiger partial charge in [0.2, 0.25) is 10.0 Å². The molecule has 2 heterocycles. The summed E-state index contributed by atoms with van der Waals surface area (Å²) in [5.41, 5.74) is 0.269. The molecule has 2 aromatic rings. The maximum absolute atomic E-state index is 12.5. The first-order valence-corrected chi connectivity index (χ1v) is 10.4. The molecule has 7 nitrogen and oxygen atoms in total. The number of sulfonamides is 1. The van der Waals surface area contributed by atoms with Crippen molar-refractivity contribution in [1.29, 1.82) is 0 Å². The number of carbonyl (C=O) groups excluding carboxylic acids is 1. The van der Waals surface area contributed by atoms with E-state index >= 15 is 0 Å². The standard InChI is InChI=1S/C19H24N2O5S/c1-13-8-9-18(26-13)14(2)21-19(22)15-5-3-7-17(11-15)27(23,24)20-12-16-6-4-10-25-16/h3,5,7-9,11,14,16,20H,4,6,10,12H2,1-2H3,(H,21,22). The fourth-order valence-corrected chi connectivity index (χ4v) is 4.04. The van der Waals surface area contributed by atoms with E-state index in [9.17, 15) is 13.2 Å². The molecule has 1 fully saturated rings. The topological polar surface area (TPSA) is 97.6 Å². The van der Waals surface area contributed by atoms with Crippen LogP contribution in [0.15, 0.2) is 45.7 Å². The van der Waals surface area contributed by atoms with Crippen LogP contribution in [-0.4, -0.2) is 33.6 Å². The van der Waals surface area contributed by atoms with E-state index in [1.54, 1.807) is 25.1 Å². The highest BCUT2D eigenvalue weighted by atomic mass is 32.2. The van der Waals surface area contributed by atoms with Gasteiger partial charge in [0.05, 0.1) is 17.0 Å². The van der Waals surface area contributed by atoms with E-state index < -0.39 is 10.0 Å². The van der Waals surface area contributed by atoms with Crippen LogP contribution in [0.1, 0.15) is 47.7 Å². The quantitative estimate of drug-likeness (QED) is 0.755. The molecule has 146 valence electrons. The monoisotopic (exact) mass is 392 g/mol. The van der Waals surface area contributed by atoms with Crippen LogP contribution in [0.5, 0.6) is 0 Å². The number of hydrogen-bond acceptors (Lipinski definition) is 5. The number of aryl methyl sites for hydroxylation is 1. The summed E-state index contributed by atoms with van der Waals surface area (Å²) < 4.78 is 38.5. The van der Waals surface area contributed by atoms with Crippen molar-refractivity contribution < 1.29 is 22.4 Å². The van der Waals surface area contributed by atoms with Crippen LogP contribution in [0.2, 0.25) is 0 Å². The summed E-state index contributed by atoms with van der Waals surface area (Å²) >= 11 is 0. The van der Waals surface area contributed by atoms with Crippen molar-refractivity contribution in [1.82, 2.24) is 10.0 Å². The van der Waals surface area contributed by atoms with Gasteiger partial charge < -0.3 is 14.5 Å². The molecular weight excluding hydrogens is 368 g/mol. The summed E-state index contributed by atoms with van der Waals surface area (Å²) in [6.45, 7) is 4.53. The predicted molar refractivity (Wildman–Crippen MR) is 99.9 cm³/mol. The first kappa shape index (κ1) is 19.6. The van der Waals surface area contributed by atoms with Gasteiger partial charge in [0.1, 0.15) is 11.5 Å². The molecule has 3 rings (SSSR count). The van der Waals surface area contributed by atoms with Gasteiger partial charge in [0, 0.05) is 18.7 Å². The zero-order chi connectivity index (χ0) is 19.4. The normalized spacial score (nSPS) is 18.4. The fourth-order valence-electron chi connectivity index (χ4n) is 2.93. The second-order valence-electron chi connectivity index (χ2n) is 6.66. The van der Waals surface area contributed by atoms with Gasteiger partial charge in [-0.05, 0) is 57.0 Å². The summed E-state index contributed by atoms with van der Waals surface area (Å²) in [5.74, 6) is 1.03.